The van der Waals surface area contributed by atoms with Gasteiger partial charge in [-0.15, -0.1) is 0 Å². The molecule has 0 spiro atoms. The first-order valence-electron chi connectivity index (χ1n) is 9.43. The lowest BCUT2D eigenvalue weighted by Crippen LogP contribution is -2.44. The average molecular weight is 298 g/mol. The summed E-state index contributed by atoms with van der Waals surface area (Å²) in [5, 5.41) is 10.4. The highest BCUT2D eigenvalue weighted by molar-refractivity contribution is 4.84. The predicted molar refractivity (Wildman–Crippen MR) is 92.5 cm³/mol. The lowest BCUT2D eigenvalue weighted by atomic mass is 9.77. The highest BCUT2D eigenvalue weighted by Crippen LogP contribution is 2.33. The maximum absolute atomic E-state index is 10.4. The van der Waals surface area contributed by atoms with E-state index in [4.69, 9.17) is 0 Å². The Bertz CT molecular complexity index is 262. The van der Waals surface area contributed by atoms with Crippen LogP contribution in [0.5, 0.6) is 0 Å². The summed E-state index contributed by atoms with van der Waals surface area (Å²) in [6, 6.07) is 0.686. The van der Waals surface area contributed by atoms with Crippen molar-refractivity contribution in [2.75, 3.05) is 13.1 Å². The van der Waals surface area contributed by atoms with E-state index in [0.717, 1.165) is 18.9 Å². The molecule has 0 aromatic rings. The number of aliphatic hydroxyl groups excluding tert-OH is 1. The zero-order valence-electron chi connectivity index (χ0n) is 15.1. The molecule has 1 N–H and O–H groups in total. The summed E-state index contributed by atoms with van der Waals surface area (Å²) in [4.78, 5) is 2.67. The van der Waals surface area contributed by atoms with E-state index in [1.165, 1.54) is 45.1 Å². The van der Waals surface area contributed by atoms with E-state index in [-0.39, 0.29) is 6.10 Å². The van der Waals surface area contributed by atoms with Gasteiger partial charge in [-0.05, 0) is 49.9 Å². The molecule has 0 radical (unpaired) electrons. The lowest BCUT2D eigenvalue weighted by molar-refractivity contribution is 0.0133. The molecule has 0 aromatic heterocycles. The first-order chi connectivity index (χ1) is 10.0. The van der Waals surface area contributed by atoms with E-state index < -0.39 is 0 Å². The first-order valence-corrected chi connectivity index (χ1v) is 9.43. The van der Waals surface area contributed by atoms with Crippen LogP contribution in [0.4, 0.5) is 0 Å². The number of rotatable bonds is 9. The second kappa shape index (κ2) is 9.84. The van der Waals surface area contributed by atoms with Crippen molar-refractivity contribution < 1.29 is 5.11 Å². The molecule has 2 nitrogen and oxygen atoms in total. The zero-order chi connectivity index (χ0) is 15.8. The lowest BCUT2D eigenvalue weighted by Gasteiger charge is -2.40. The van der Waals surface area contributed by atoms with Crippen molar-refractivity contribution in [1.82, 2.24) is 4.90 Å². The fourth-order valence-corrected chi connectivity index (χ4v) is 4.16. The van der Waals surface area contributed by atoms with E-state index in [1.807, 2.05) is 0 Å². The molecule has 3 atom stereocenters. The Morgan fingerprint density at radius 3 is 2.29 bits per heavy atom. The standard InChI is InChI=1S/C19H39NO/c1-6-9-16-10-11-19(21)17(12-16)14-20(13-15(4)5)18(7-2)8-3/h15-19,21H,6-14H2,1-5H3. The van der Waals surface area contributed by atoms with Gasteiger partial charge in [0.15, 0.2) is 0 Å². The van der Waals surface area contributed by atoms with Gasteiger partial charge in [-0.1, -0.05) is 47.5 Å². The molecule has 0 amide bonds. The Balaban J connectivity index is 2.65. The molecule has 1 saturated carbocycles. The fraction of sp³-hybridized carbons (Fsp3) is 1.00. The molecule has 2 heteroatoms. The van der Waals surface area contributed by atoms with Gasteiger partial charge in [-0.25, -0.2) is 0 Å². The van der Waals surface area contributed by atoms with Crippen LogP contribution in [0.3, 0.4) is 0 Å². The largest absolute Gasteiger partial charge is 0.393 e. The average Bonchev–Trinajstić information content (AvgIpc) is 2.43. The van der Waals surface area contributed by atoms with Crippen LogP contribution in [0.25, 0.3) is 0 Å². The molecule has 1 rings (SSSR count). The Morgan fingerprint density at radius 2 is 1.76 bits per heavy atom. The summed E-state index contributed by atoms with van der Waals surface area (Å²) < 4.78 is 0. The minimum absolute atomic E-state index is 0.0675. The number of nitrogens with zero attached hydrogens (tertiary/aromatic N) is 1. The van der Waals surface area contributed by atoms with Gasteiger partial charge in [0.05, 0.1) is 6.10 Å². The van der Waals surface area contributed by atoms with Crippen molar-refractivity contribution >= 4 is 0 Å². The highest BCUT2D eigenvalue weighted by Gasteiger charge is 2.31. The summed E-state index contributed by atoms with van der Waals surface area (Å²) in [6.45, 7) is 13.8. The summed E-state index contributed by atoms with van der Waals surface area (Å²) in [5.41, 5.74) is 0. The van der Waals surface area contributed by atoms with Gasteiger partial charge in [-0.2, -0.15) is 0 Å². The Labute approximate surface area is 133 Å². The Hall–Kier alpha value is -0.0800. The van der Waals surface area contributed by atoms with Crippen molar-refractivity contribution in [2.24, 2.45) is 17.8 Å². The molecule has 1 aliphatic rings. The number of hydrogen-bond acceptors (Lipinski definition) is 2. The maximum atomic E-state index is 10.4. The summed E-state index contributed by atoms with van der Waals surface area (Å²) in [7, 11) is 0. The minimum atomic E-state index is -0.0675. The third-order valence-electron chi connectivity index (χ3n) is 5.28. The normalized spacial score (nSPS) is 27.0. The van der Waals surface area contributed by atoms with Gasteiger partial charge < -0.3 is 5.11 Å². The second-order valence-electron chi connectivity index (χ2n) is 7.61. The number of aliphatic hydroxyl groups is 1. The van der Waals surface area contributed by atoms with Gasteiger partial charge in [0, 0.05) is 19.1 Å². The number of hydrogen-bond donors (Lipinski definition) is 1. The van der Waals surface area contributed by atoms with Gasteiger partial charge in [-0.3, -0.25) is 4.90 Å². The van der Waals surface area contributed by atoms with Crippen LogP contribution in [-0.2, 0) is 0 Å². The van der Waals surface area contributed by atoms with E-state index in [9.17, 15) is 5.11 Å². The third kappa shape index (κ3) is 6.28. The van der Waals surface area contributed by atoms with Crippen molar-refractivity contribution in [3.63, 3.8) is 0 Å². The quantitative estimate of drug-likeness (QED) is 0.666. The van der Waals surface area contributed by atoms with Crippen LogP contribution in [-0.4, -0.2) is 35.2 Å². The van der Waals surface area contributed by atoms with Gasteiger partial charge >= 0.3 is 0 Å². The van der Waals surface area contributed by atoms with Crippen LogP contribution in [0.2, 0.25) is 0 Å². The molecular formula is C19H39NO. The van der Waals surface area contributed by atoms with E-state index >= 15 is 0 Å². The Morgan fingerprint density at radius 1 is 1.10 bits per heavy atom. The molecule has 0 saturated heterocycles. The monoisotopic (exact) mass is 297 g/mol. The second-order valence-corrected chi connectivity index (χ2v) is 7.61. The molecule has 21 heavy (non-hydrogen) atoms. The molecule has 0 aromatic carbocycles. The van der Waals surface area contributed by atoms with Gasteiger partial charge in [0.25, 0.3) is 0 Å². The van der Waals surface area contributed by atoms with Crippen LogP contribution in [0.15, 0.2) is 0 Å². The van der Waals surface area contributed by atoms with E-state index in [2.05, 4.69) is 39.5 Å². The predicted octanol–water partition coefficient (Wildman–Crippen LogP) is 4.71. The van der Waals surface area contributed by atoms with Crippen LogP contribution in [0, 0.1) is 17.8 Å². The Kier molecular flexibility index (Phi) is 8.89. The molecular weight excluding hydrogens is 258 g/mol. The fourth-order valence-electron chi connectivity index (χ4n) is 4.16. The van der Waals surface area contributed by atoms with E-state index in [0.29, 0.717) is 17.9 Å². The van der Waals surface area contributed by atoms with Crippen molar-refractivity contribution in [3.8, 4) is 0 Å². The molecule has 0 bridgehead atoms. The van der Waals surface area contributed by atoms with Crippen LogP contribution in [0.1, 0.15) is 79.6 Å². The maximum Gasteiger partial charge on any atom is 0.0580 e. The molecule has 0 heterocycles. The molecule has 126 valence electrons. The van der Waals surface area contributed by atoms with Crippen LogP contribution < -0.4 is 0 Å². The molecule has 3 unspecified atom stereocenters. The van der Waals surface area contributed by atoms with Crippen molar-refractivity contribution in [1.29, 1.82) is 0 Å². The molecule has 1 fully saturated rings. The van der Waals surface area contributed by atoms with Gasteiger partial charge in [0.1, 0.15) is 0 Å². The van der Waals surface area contributed by atoms with Crippen LogP contribution >= 0.6 is 0 Å². The molecule has 0 aliphatic heterocycles. The van der Waals surface area contributed by atoms with Gasteiger partial charge in [0.2, 0.25) is 0 Å². The summed E-state index contributed by atoms with van der Waals surface area (Å²) >= 11 is 0. The topological polar surface area (TPSA) is 23.5 Å². The summed E-state index contributed by atoms with van der Waals surface area (Å²) in [5.74, 6) is 2.05. The smallest absolute Gasteiger partial charge is 0.0580 e. The molecule has 1 aliphatic carbocycles. The van der Waals surface area contributed by atoms with Crippen molar-refractivity contribution in [3.05, 3.63) is 0 Å². The SMILES string of the molecule is CCCC1CCC(O)C(CN(CC(C)C)C(CC)CC)C1. The minimum Gasteiger partial charge on any atom is -0.393 e. The summed E-state index contributed by atoms with van der Waals surface area (Å²) in [6.07, 6.45) is 8.52. The zero-order valence-corrected chi connectivity index (χ0v) is 15.1. The third-order valence-corrected chi connectivity index (χ3v) is 5.28. The highest BCUT2D eigenvalue weighted by atomic mass is 16.3. The van der Waals surface area contributed by atoms with Crippen molar-refractivity contribution in [2.45, 2.75) is 91.7 Å². The first kappa shape index (κ1) is 19.0. The van der Waals surface area contributed by atoms with E-state index in [1.54, 1.807) is 0 Å².